The second-order valence-corrected chi connectivity index (χ2v) is 3.01. The third-order valence-electron chi connectivity index (χ3n) is 1.74. The molecule has 2 nitrogen and oxygen atoms in total. The van der Waals surface area contributed by atoms with Gasteiger partial charge in [-0.2, -0.15) is 13.2 Å². The molecule has 0 heterocycles. The Balaban J connectivity index is 3.79. The van der Waals surface area contributed by atoms with Gasteiger partial charge in [0.2, 0.25) is 0 Å². The first kappa shape index (κ1) is 13.0. The van der Waals surface area contributed by atoms with Crippen LogP contribution in [-0.4, -0.2) is 30.6 Å². The zero-order valence-electron chi connectivity index (χ0n) is 8.10. The van der Waals surface area contributed by atoms with Crippen LogP contribution in [-0.2, 0) is 4.79 Å². The molecule has 0 atom stereocenters. The minimum absolute atomic E-state index is 0.131. The number of allylic oxidation sites excluding steroid dienone is 1. The normalized spacial score (nSPS) is 11.1. The summed E-state index contributed by atoms with van der Waals surface area (Å²) in [5, 5.41) is 0. The van der Waals surface area contributed by atoms with Gasteiger partial charge in [-0.25, -0.2) is 0 Å². The molecule has 5 heteroatoms. The molecule has 0 unspecified atom stereocenters. The van der Waals surface area contributed by atoms with Gasteiger partial charge in [-0.05, 0) is 19.3 Å². The summed E-state index contributed by atoms with van der Waals surface area (Å²) in [6, 6.07) is 0. The van der Waals surface area contributed by atoms with Gasteiger partial charge >= 0.3 is 12.1 Å². The summed E-state index contributed by atoms with van der Waals surface area (Å²) in [6.07, 6.45) is -0.990. The average molecular weight is 209 g/mol. The third kappa shape index (κ3) is 4.89. The van der Waals surface area contributed by atoms with Crippen molar-refractivity contribution in [3.63, 3.8) is 0 Å². The molecule has 0 saturated heterocycles. The number of hydrogen-bond donors (Lipinski definition) is 0. The highest BCUT2D eigenvalue weighted by molar-refractivity contribution is 5.81. The fraction of sp³-hybridized carbons (Fsp3) is 0.667. The first-order valence-corrected chi connectivity index (χ1v) is 4.32. The van der Waals surface area contributed by atoms with Gasteiger partial charge in [-0.3, -0.25) is 4.79 Å². The van der Waals surface area contributed by atoms with Crippen LogP contribution in [0.4, 0.5) is 13.2 Å². The molecule has 0 aliphatic carbocycles. The summed E-state index contributed by atoms with van der Waals surface area (Å²) in [7, 11) is 1.16. The Labute approximate surface area is 81.4 Å². The number of rotatable bonds is 5. The van der Waals surface area contributed by atoms with Crippen LogP contribution in [0.3, 0.4) is 0 Å². The summed E-state index contributed by atoms with van der Waals surface area (Å²) in [6.45, 7) is 3.62. The molecule has 0 N–H and O–H groups in total. The minimum atomic E-state index is -4.76. The van der Waals surface area contributed by atoms with Crippen LogP contribution >= 0.6 is 0 Å². The lowest BCUT2D eigenvalue weighted by molar-refractivity contribution is -0.184. The van der Waals surface area contributed by atoms with Gasteiger partial charge in [-0.1, -0.05) is 6.08 Å². The van der Waals surface area contributed by atoms with E-state index in [1.54, 1.807) is 6.08 Å². The molecule has 0 aromatic carbocycles. The van der Waals surface area contributed by atoms with Crippen molar-refractivity contribution < 1.29 is 18.0 Å². The number of carbonyl (C=O) groups excluding carboxylic acids is 1. The standard InChI is InChI=1S/C9H14F3NO/c1-3-4-5-6-7-13(2)8(14)9(10,11)12/h3H,1,4-7H2,2H3. The van der Waals surface area contributed by atoms with E-state index in [1.807, 2.05) is 0 Å². The smallest absolute Gasteiger partial charge is 0.338 e. The van der Waals surface area contributed by atoms with Gasteiger partial charge in [0, 0.05) is 13.6 Å². The Kier molecular flexibility index (Phi) is 5.27. The van der Waals surface area contributed by atoms with Crippen molar-refractivity contribution in [3.8, 4) is 0 Å². The van der Waals surface area contributed by atoms with Crippen molar-refractivity contribution in [2.24, 2.45) is 0 Å². The van der Waals surface area contributed by atoms with Crippen molar-refractivity contribution in [1.82, 2.24) is 4.90 Å². The number of nitrogens with zero attached hydrogens (tertiary/aromatic N) is 1. The second kappa shape index (κ2) is 5.67. The van der Waals surface area contributed by atoms with E-state index >= 15 is 0 Å². The first-order chi connectivity index (χ1) is 6.39. The number of carbonyl (C=O) groups is 1. The maximum absolute atomic E-state index is 11.9. The summed E-state index contributed by atoms with van der Waals surface area (Å²) >= 11 is 0. The fourth-order valence-electron chi connectivity index (χ4n) is 0.956. The molecule has 0 aromatic rings. The maximum Gasteiger partial charge on any atom is 0.471 e. The van der Waals surface area contributed by atoms with Gasteiger partial charge in [-0.15, -0.1) is 6.58 Å². The third-order valence-corrected chi connectivity index (χ3v) is 1.74. The fourth-order valence-corrected chi connectivity index (χ4v) is 0.956. The SMILES string of the molecule is C=CCCCCN(C)C(=O)C(F)(F)F. The van der Waals surface area contributed by atoms with Crippen molar-refractivity contribution in [3.05, 3.63) is 12.7 Å². The molecule has 0 saturated carbocycles. The van der Waals surface area contributed by atoms with Crippen LogP contribution in [0, 0.1) is 0 Å². The molecular formula is C9H14F3NO. The molecule has 0 fully saturated rings. The van der Waals surface area contributed by atoms with Crippen LogP contribution in [0.25, 0.3) is 0 Å². The van der Waals surface area contributed by atoms with E-state index in [9.17, 15) is 18.0 Å². The lowest BCUT2D eigenvalue weighted by Gasteiger charge is -2.18. The van der Waals surface area contributed by atoms with E-state index in [0.29, 0.717) is 11.3 Å². The van der Waals surface area contributed by atoms with Crippen molar-refractivity contribution in [2.45, 2.75) is 25.4 Å². The number of alkyl halides is 3. The van der Waals surface area contributed by atoms with E-state index < -0.39 is 12.1 Å². The van der Waals surface area contributed by atoms with E-state index in [4.69, 9.17) is 0 Å². The lowest BCUT2D eigenvalue weighted by Crippen LogP contribution is -2.38. The molecule has 14 heavy (non-hydrogen) atoms. The van der Waals surface area contributed by atoms with Gasteiger partial charge in [0.1, 0.15) is 0 Å². The minimum Gasteiger partial charge on any atom is -0.338 e. The second-order valence-electron chi connectivity index (χ2n) is 3.01. The summed E-state index contributed by atoms with van der Waals surface area (Å²) in [5.74, 6) is -1.78. The van der Waals surface area contributed by atoms with Crippen LogP contribution in [0.15, 0.2) is 12.7 Å². The zero-order chi connectivity index (χ0) is 11.2. The Morgan fingerprint density at radius 1 is 1.43 bits per heavy atom. The maximum atomic E-state index is 11.9. The van der Waals surface area contributed by atoms with Crippen LogP contribution in [0.1, 0.15) is 19.3 Å². The summed E-state index contributed by atoms with van der Waals surface area (Å²) in [5.41, 5.74) is 0. The van der Waals surface area contributed by atoms with Gasteiger partial charge in [0.25, 0.3) is 0 Å². The zero-order valence-corrected chi connectivity index (χ0v) is 8.10. The van der Waals surface area contributed by atoms with Crippen molar-refractivity contribution in [2.75, 3.05) is 13.6 Å². The average Bonchev–Trinajstić information content (AvgIpc) is 2.09. The van der Waals surface area contributed by atoms with E-state index in [2.05, 4.69) is 6.58 Å². The highest BCUT2D eigenvalue weighted by atomic mass is 19.4. The highest BCUT2D eigenvalue weighted by Gasteiger charge is 2.40. The van der Waals surface area contributed by atoms with Gasteiger partial charge in [0.15, 0.2) is 0 Å². The highest BCUT2D eigenvalue weighted by Crippen LogP contribution is 2.17. The molecule has 0 aliphatic heterocycles. The quantitative estimate of drug-likeness (QED) is 0.502. The van der Waals surface area contributed by atoms with E-state index in [1.165, 1.54) is 0 Å². The van der Waals surface area contributed by atoms with Crippen LogP contribution in [0.5, 0.6) is 0 Å². The molecule has 1 amide bonds. The van der Waals surface area contributed by atoms with Crippen LogP contribution < -0.4 is 0 Å². The Morgan fingerprint density at radius 3 is 2.43 bits per heavy atom. The predicted octanol–water partition coefficient (Wildman–Crippen LogP) is 2.36. The predicted molar refractivity (Wildman–Crippen MR) is 47.7 cm³/mol. The van der Waals surface area contributed by atoms with Gasteiger partial charge in [0.05, 0.1) is 0 Å². The van der Waals surface area contributed by atoms with Crippen molar-refractivity contribution in [1.29, 1.82) is 0 Å². The molecule has 0 aromatic heterocycles. The molecule has 0 spiro atoms. The Morgan fingerprint density at radius 2 is 2.00 bits per heavy atom. The number of unbranched alkanes of at least 4 members (excludes halogenated alkanes) is 2. The number of hydrogen-bond acceptors (Lipinski definition) is 1. The first-order valence-electron chi connectivity index (χ1n) is 4.32. The Bertz CT molecular complexity index is 201. The number of amides is 1. The molecule has 0 bridgehead atoms. The number of halogens is 3. The van der Waals surface area contributed by atoms with E-state index in [0.717, 1.165) is 19.9 Å². The van der Waals surface area contributed by atoms with Crippen LogP contribution in [0.2, 0.25) is 0 Å². The Hall–Kier alpha value is -1.00. The molecule has 82 valence electrons. The lowest BCUT2D eigenvalue weighted by atomic mass is 10.2. The molecule has 0 radical (unpaired) electrons. The molecule has 0 rings (SSSR count). The summed E-state index contributed by atoms with van der Waals surface area (Å²) in [4.78, 5) is 11.3. The summed E-state index contributed by atoms with van der Waals surface area (Å²) < 4.78 is 35.6. The van der Waals surface area contributed by atoms with Gasteiger partial charge < -0.3 is 4.90 Å². The molecule has 0 aliphatic rings. The molecular weight excluding hydrogens is 195 g/mol. The largest absolute Gasteiger partial charge is 0.471 e. The van der Waals surface area contributed by atoms with E-state index in [-0.39, 0.29) is 6.54 Å². The van der Waals surface area contributed by atoms with Crippen molar-refractivity contribution >= 4 is 5.91 Å². The topological polar surface area (TPSA) is 20.3 Å². The monoisotopic (exact) mass is 209 g/mol.